The summed E-state index contributed by atoms with van der Waals surface area (Å²) in [6, 6.07) is 19.3. The maximum atomic E-state index is 13.0. The number of benzene rings is 3. The normalized spacial score (nSPS) is 11.9. The first-order chi connectivity index (χ1) is 16.5. The van der Waals surface area contributed by atoms with Crippen LogP contribution in [-0.4, -0.2) is 29.7 Å². The second-order valence-electron chi connectivity index (χ2n) is 7.96. The van der Waals surface area contributed by atoms with Crippen LogP contribution >= 0.6 is 11.3 Å². The second-order valence-corrected chi connectivity index (χ2v) is 8.97. The number of rotatable bonds is 7. The molecule has 0 atom stereocenters. The van der Waals surface area contributed by atoms with E-state index in [-0.39, 0.29) is 5.56 Å². The molecular weight excluding hydrogens is 448 g/mol. The highest BCUT2D eigenvalue weighted by atomic mass is 32.1. The van der Waals surface area contributed by atoms with Crippen molar-refractivity contribution in [3.63, 3.8) is 0 Å². The molecule has 0 bridgehead atoms. The van der Waals surface area contributed by atoms with Crippen LogP contribution in [0, 0.1) is 13.8 Å². The Morgan fingerprint density at radius 3 is 2.50 bits per heavy atom. The summed E-state index contributed by atoms with van der Waals surface area (Å²) >= 11 is 1.37. The van der Waals surface area contributed by atoms with E-state index in [2.05, 4.69) is 4.98 Å². The maximum Gasteiger partial charge on any atom is 0.274 e. The number of hydrogen-bond acceptors (Lipinski definition) is 6. The van der Waals surface area contributed by atoms with Gasteiger partial charge in [-0.2, -0.15) is 0 Å². The lowest BCUT2D eigenvalue weighted by molar-refractivity contribution is 0.210. The largest absolute Gasteiger partial charge is 0.493 e. The number of aromatic nitrogens is 2. The lowest BCUT2D eigenvalue weighted by Gasteiger charge is -2.14. The van der Waals surface area contributed by atoms with Gasteiger partial charge in [0.05, 0.1) is 22.7 Å². The molecule has 0 spiro atoms. The Hall–Kier alpha value is -3.84. The number of imidazole rings is 1. The number of methoxy groups -OCH3 is 1. The van der Waals surface area contributed by atoms with Gasteiger partial charge < -0.3 is 14.2 Å². The van der Waals surface area contributed by atoms with Gasteiger partial charge in [-0.25, -0.2) is 9.38 Å². The van der Waals surface area contributed by atoms with Gasteiger partial charge in [-0.15, -0.1) is 0 Å². The van der Waals surface area contributed by atoms with Crippen LogP contribution in [0.25, 0.3) is 22.1 Å². The van der Waals surface area contributed by atoms with Gasteiger partial charge in [-0.05, 0) is 60.9 Å². The van der Waals surface area contributed by atoms with Crippen LogP contribution in [0.5, 0.6) is 17.2 Å². The van der Waals surface area contributed by atoms with E-state index in [0.29, 0.717) is 34.2 Å². The van der Waals surface area contributed by atoms with Crippen LogP contribution in [0.3, 0.4) is 0 Å². The minimum Gasteiger partial charge on any atom is -0.493 e. The second kappa shape index (κ2) is 9.19. The van der Waals surface area contributed by atoms with E-state index < -0.39 is 0 Å². The molecule has 0 aliphatic carbocycles. The van der Waals surface area contributed by atoms with Crippen molar-refractivity contribution in [3.8, 4) is 17.2 Å². The summed E-state index contributed by atoms with van der Waals surface area (Å²) in [6.45, 7) is 4.86. The molecule has 0 fully saturated rings. The van der Waals surface area contributed by atoms with Gasteiger partial charge in [-0.1, -0.05) is 47.7 Å². The number of para-hydroxylation sites is 3. The lowest BCUT2D eigenvalue weighted by Crippen LogP contribution is -2.22. The number of ether oxygens (including phenoxy) is 3. The van der Waals surface area contributed by atoms with Crippen molar-refractivity contribution in [2.75, 3.05) is 20.3 Å². The van der Waals surface area contributed by atoms with Gasteiger partial charge in [0.15, 0.2) is 16.5 Å². The molecule has 0 aliphatic heterocycles. The molecule has 5 rings (SSSR count). The molecular formula is C27H24N2O4S. The zero-order valence-corrected chi connectivity index (χ0v) is 20.0. The van der Waals surface area contributed by atoms with E-state index >= 15 is 0 Å². The van der Waals surface area contributed by atoms with Gasteiger partial charge in [0.25, 0.3) is 5.56 Å². The van der Waals surface area contributed by atoms with Crippen LogP contribution < -0.4 is 24.3 Å². The fraction of sp³-hybridized carbons (Fsp3) is 0.185. The van der Waals surface area contributed by atoms with Gasteiger partial charge in [0.1, 0.15) is 19.0 Å². The highest BCUT2D eigenvalue weighted by molar-refractivity contribution is 7.15. The molecule has 3 aromatic carbocycles. The molecule has 0 radical (unpaired) electrons. The monoisotopic (exact) mass is 472 g/mol. The Labute approximate surface area is 200 Å². The Morgan fingerprint density at radius 1 is 0.941 bits per heavy atom. The van der Waals surface area contributed by atoms with Gasteiger partial charge >= 0.3 is 0 Å². The third-order valence-corrected chi connectivity index (χ3v) is 6.60. The summed E-state index contributed by atoms with van der Waals surface area (Å²) in [5.41, 5.74) is 4.62. The summed E-state index contributed by atoms with van der Waals surface area (Å²) in [4.78, 5) is 18.3. The van der Waals surface area contributed by atoms with Crippen molar-refractivity contribution in [2.45, 2.75) is 13.8 Å². The zero-order valence-electron chi connectivity index (χ0n) is 19.2. The van der Waals surface area contributed by atoms with Crippen LogP contribution in [0.2, 0.25) is 0 Å². The van der Waals surface area contributed by atoms with Gasteiger partial charge in [0, 0.05) is 0 Å². The summed E-state index contributed by atoms with van der Waals surface area (Å²) in [6.07, 6.45) is 1.85. The van der Waals surface area contributed by atoms with E-state index in [4.69, 9.17) is 14.2 Å². The number of hydrogen-bond donors (Lipinski definition) is 0. The Bertz CT molecular complexity index is 1580. The van der Waals surface area contributed by atoms with Crippen LogP contribution in [0.15, 0.2) is 65.5 Å². The number of aryl methyl sites for hydroxylation is 2. The third-order valence-electron chi connectivity index (χ3n) is 5.63. The minimum atomic E-state index is -0.0726. The van der Waals surface area contributed by atoms with E-state index in [1.807, 2.05) is 80.6 Å². The van der Waals surface area contributed by atoms with E-state index in [1.54, 1.807) is 11.5 Å². The molecule has 0 N–H and O–H groups in total. The first-order valence-electron chi connectivity index (χ1n) is 11.0. The molecule has 0 saturated heterocycles. The Balaban J connectivity index is 1.34. The molecule has 2 heterocycles. The van der Waals surface area contributed by atoms with Crippen LogP contribution in [0.4, 0.5) is 0 Å². The molecule has 0 unspecified atom stereocenters. The predicted octanol–water partition coefficient (Wildman–Crippen LogP) is 4.54. The smallest absolute Gasteiger partial charge is 0.274 e. The molecule has 0 aliphatic rings. The van der Waals surface area contributed by atoms with E-state index in [1.165, 1.54) is 11.3 Å². The first kappa shape index (κ1) is 22.0. The fourth-order valence-corrected chi connectivity index (χ4v) is 4.97. The van der Waals surface area contributed by atoms with Crippen molar-refractivity contribution in [2.24, 2.45) is 0 Å². The van der Waals surface area contributed by atoms with Crippen molar-refractivity contribution in [3.05, 3.63) is 92.2 Å². The number of fused-ring (bicyclic) bond motifs is 3. The molecule has 0 saturated carbocycles. The average Bonchev–Trinajstić information content (AvgIpc) is 3.34. The van der Waals surface area contributed by atoms with Crippen molar-refractivity contribution < 1.29 is 14.2 Å². The quantitative estimate of drug-likeness (QED) is 0.326. The molecule has 2 aromatic heterocycles. The summed E-state index contributed by atoms with van der Waals surface area (Å²) in [7, 11) is 1.60. The maximum absolute atomic E-state index is 13.0. The fourth-order valence-electron chi connectivity index (χ4n) is 3.98. The number of thiazole rings is 1. The van der Waals surface area contributed by atoms with Crippen molar-refractivity contribution >= 4 is 33.4 Å². The molecule has 34 heavy (non-hydrogen) atoms. The first-order valence-corrected chi connectivity index (χ1v) is 11.8. The predicted molar refractivity (Wildman–Crippen MR) is 136 cm³/mol. The molecule has 7 heteroatoms. The van der Waals surface area contributed by atoms with Gasteiger partial charge in [0.2, 0.25) is 0 Å². The molecule has 0 amide bonds. The lowest BCUT2D eigenvalue weighted by atomic mass is 10.1. The zero-order chi connectivity index (χ0) is 23.7. The Morgan fingerprint density at radius 2 is 1.71 bits per heavy atom. The van der Waals surface area contributed by atoms with E-state index in [9.17, 15) is 4.79 Å². The topological polar surface area (TPSA) is 62.1 Å². The standard InChI is InChI=1S/C27H24N2O4S/c1-17-7-6-8-18(2)25(17)33-14-13-32-22-12-11-19(15-23(22)31-3)16-24-26(30)29-21-10-5-4-9-20(21)28-27(29)34-24/h4-12,15-16H,13-14H2,1-3H3/b24-16+. The van der Waals surface area contributed by atoms with Crippen molar-refractivity contribution in [1.29, 1.82) is 0 Å². The highest BCUT2D eigenvalue weighted by Gasteiger charge is 2.11. The third kappa shape index (κ3) is 4.10. The molecule has 6 nitrogen and oxygen atoms in total. The summed E-state index contributed by atoms with van der Waals surface area (Å²) in [5, 5.41) is 0. The SMILES string of the molecule is COc1cc(/C=c2/sc3nc4ccccc4n3c2=O)ccc1OCCOc1c(C)cccc1C. The number of nitrogens with zero attached hydrogens (tertiary/aromatic N) is 2. The molecule has 172 valence electrons. The average molecular weight is 473 g/mol. The minimum absolute atomic E-state index is 0.0726. The Kier molecular flexibility index (Phi) is 5.94. The van der Waals surface area contributed by atoms with Crippen LogP contribution in [0.1, 0.15) is 16.7 Å². The summed E-state index contributed by atoms with van der Waals surface area (Å²) in [5.74, 6) is 2.12. The van der Waals surface area contributed by atoms with E-state index in [0.717, 1.165) is 33.5 Å². The van der Waals surface area contributed by atoms with Gasteiger partial charge in [-0.3, -0.25) is 4.79 Å². The highest BCUT2D eigenvalue weighted by Crippen LogP contribution is 2.29. The summed E-state index contributed by atoms with van der Waals surface area (Å²) < 4.78 is 19.6. The van der Waals surface area contributed by atoms with Crippen LogP contribution in [-0.2, 0) is 0 Å². The van der Waals surface area contributed by atoms with Crippen molar-refractivity contribution in [1.82, 2.24) is 9.38 Å². The molecule has 5 aromatic rings.